The van der Waals surface area contributed by atoms with Gasteiger partial charge in [-0.15, -0.1) is 0 Å². The number of hydrogen-bond donors (Lipinski definition) is 1. The first-order valence-corrected chi connectivity index (χ1v) is 6.03. The number of nitrogens with one attached hydrogen (secondary N) is 1. The Labute approximate surface area is 111 Å². The molecule has 0 spiro atoms. The number of imidazole rings is 1. The van der Waals surface area contributed by atoms with Crippen molar-refractivity contribution in [3.63, 3.8) is 0 Å². The summed E-state index contributed by atoms with van der Waals surface area (Å²) in [5, 5.41) is 14.1. The summed E-state index contributed by atoms with van der Waals surface area (Å²) >= 11 is 0. The topological polar surface area (TPSA) is 73.0 Å². The molecule has 2 rings (SSSR count). The minimum absolute atomic E-state index is 0.146. The van der Waals surface area contributed by atoms with Gasteiger partial charge in [0, 0.05) is 42.3 Å². The van der Waals surface area contributed by atoms with Gasteiger partial charge in [-0.1, -0.05) is 0 Å². The van der Waals surface area contributed by atoms with E-state index >= 15 is 0 Å². The zero-order valence-corrected chi connectivity index (χ0v) is 10.9. The van der Waals surface area contributed by atoms with Crippen LogP contribution in [0.4, 0.5) is 11.4 Å². The molecule has 0 radical (unpaired) electrons. The third kappa shape index (κ3) is 3.31. The number of aromatic nitrogens is 2. The Kier molecular flexibility index (Phi) is 3.79. The number of nitro groups is 1. The van der Waals surface area contributed by atoms with Crippen LogP contribution in [-0.4, -0.2) is 20.5 Å². The number of hydrogen-bond acceptors (Lipinski definition) is 4. The molecule has 0 amide bonds. The van der Waals surface area contributed by atoms with Gasteiger partial charge in [0.25, 0.3) is 5.69 Å². The van der Waals surface area contributed by atoms with Crippen LogP contribution in [0.1, 0.15) is 12.5 Å². The molecule has 6 heteroatoms. The molecule has 0 saturated heterocycles. The molecule has 0 aliphatic heterocycles. The lowest BCUT2D eigenvalue weighted by atomic mass is 10.1. The van der Waals surface area contributed by atoms with E-state index in [4.69, 9.17) is 0 Å². The highest BCUT2D eigenvalue weighted by atomic mass is 16.6. The van der Waals surface area contributed by atoms with Crippen LogP contribution in [-0.2, 0) is 6.54 Å². The molecule has 1 unspecified atom stereocenters. The van der Waals surface area contributed by atoms with Crippen LogP contribution < -0.4 is 5.32 Å². The van der Waals surface area contributed by atoms with Crippen molar-refractivity contribution in [1.29, 1.82) is 0 Å². The minimum atomic E-state index is -0.367. The first-order chi connectivity index (χ1) is 9.06. The van der Waals surface area contributed by atoms with Crippen LogP contribution in [0.2, 0.25) is 0 Å². The molecule has 0 saturated carbocycles. The Bertz CT molecular complexity index is 566. The molecule has 0 bridgehead atoms. The summed E-state index contributed by atoms with van der Waals surface area (Å²) in [5.74, 6) is 0. The van der Waals surface area contributed by atoms with Crippen LogP contribution in [0.25, 0.3) is 0 Å². The van der Waals surface area contributed by atoms with Crippen molar-refractivity contribution in [3.05, 3.63) is 52.6 Å². The molecule has 2 aromatic rings. The van der Waals surface area contributed by atoms with E-state index in [1.807, 2.05) is 10.8 Å². The summed E-state index contributed by atoms with van der Waals surface area (Å²) < 4.78 is 1.98. The molecule has 1 heterocycles. The van der Waals surface area contributed by atoms with E-state index in [1.165, 1.54) is 6.07 Å². The molecular weight excluding hydrogens is 244 g/mol. The summed E-state index contributed by atoms with van der Waals surface area (Å²) in [6, 6.07) is 5.26. The van der Waals surface area contributed by atoms with Crippen molar-refractivity contribution in [3.8, 4) is 0 Å². The van der Waals surface area contributed by atoms with Crippen LogP contribution in [0.3, 0.4) is 0 Å². The van der Waals surface area contributed by atoms with E-state index in [-0.39, 0.29) is 16.7 Å². The fourth-order valence-electron chi connectivity index (χ4n) is 1.99. The average Bonchev–Trinajstić information content (AvgIpc) is 2.81. The van der Waals surface area contributed by atoms with Gasteiger partial charge >= 0.3 is 0 Å². The van der Waals surface area contributed by atoms with Gasteiger partial charge in [-0.3, -0.25) is 10.1 Å². The molecular formula is C13H16N4O2. The van der Waals surface area contributed by atoms with Gasteiger partial charge in [-0.2, -0.15) is 0 Å². The van der Waals surface area contributed by atoms with Crippen LogP contribution in [0.15, 0.2) is 36.9 Å². The maximum atomic E-state index is 10.7. The molecule has 0 aliphatic rings. The smallest absolute Gasteiger partial charge is 0.272 e. The molecule has 0 aliphatic carbocycles. The maximum absolute atomic E-state index is 10.7. The second-order valence-corrected chi connectivity index (χ2v) is 4.56. The van der Waals surface area contributed by atoms with Crippen molar-refractivity contribution in [1.82, 2.24) is 9.55 Å². The van der Waals surface area contributed by atoms with E-state index in [0.717, 1.165) is 12.2 Å². The van der Waals surface area contributed by atoms with E-state index in [2.05, 4.69) is 17.2 Å². The fourth-order valence-corrected chi connectivity index (χ4v) is 1.99. The van der Waals surface area contributed by atoms with E-state index in [9.17, 15) is 10.1 Å². The lowest BCUT2D eigenvalue weighted by Gasteiger charge is -2.16. The Morgan fingerprint density at radius 2 is 2.32 bits per heavy atom. The predicted octanol–water partition coefficient (Wildman–Crippen LogP) is 2.60. The van der Waals surface area contributed by atoms with Gasteiger partial charge in [-0.25, -0.2) is 4.98 Å². The first-order valence-electron chi connectivity index (χ1n) is 6.03. The average molecular weight is 260 g/mol. The summed E-state index contributed by atoms with van der Waals surface area (Å²) in [7, 11) is 0. The predicted molar refractivity (Wildman–Crippen MR) is 73.1 cm³/mol. The third-order valence-electron chi connectivity index (χ3n) is 2.85. The Morgan fingerprint density at radius 3 is 2.89 bits per heavy atom. The molecule has 0 fully saturated rings. The number of benzene rings is 1. The van der Waals surface area contributed by atoms with Crippen LogP contribution in [0, 0.1) is 17.0 Å². The van der Waals surface area contributed by atoms with E-state index < -0.39 is 0 Å². The number of nitrogens with zero attached hydrogens (tertiary/aromatic N) is 3. The van der Waals surface area contributed by atoms with Crippen LogP contribution in [0.5, 0.6) is 0 Å². The SMILES string of the molecule is Cc1cc(NC(C)Cn2ccnc2)ccc1[N+](=O)[O-]. The van der Waals surface area contributed by atoms with Gasteiger partial charge < -0.3 is 9.88 Å². The van der Waals surface area contributed by atoms with Gasteiger partial charge in [0.05, 0.1) is 11.3 Å². The zero-order valence-electron chi connectivity index (χ0n) is 10.9. The molecule has 1 N–H and O–H groups in total. The number of rotatable bonds is 5. The Hall–Kier alpha value is -2.37. The van der Waals surface area contributed by atoms with Crippen LogP contribution >= 0.6 is 0 Å². The minimum Gasteiger partial charge on any atom is -0.381 e. The van der Waals surface area contributed by atoms with E-state index in [1.54, 1.807) is 31.6 Å². The largest absolute Gasteiger partial charge is 0.381 e. The monoisotopic (exact) mass is 260 g/mol. The van der Waals surface area contributed by atoms with Crippen molar-refractivity contribution in [2.75, 3.05) is 5.32 Å². The first kappa shape index (κ1) is 13.1. The van der Waals surface area contributed by atoms with Gasteiger partial charge in [-0.05, 0) is 26.0 Å². The fraction of sp³-hybridized carbons (Fsp3) is 0.308. The van der Waals surface area contributed by atoms with Gasteiger partial charge in [0.1, 0.15) is 0 Å². The van der Waals surface area contributed by atoms with Crippen molar-refractivity contribution in [2.24, 2.45) is 0 Å². The lowest BCUT2D eigenvalue weighted by Crippen LogP contribution is -2.21. The van der Waals surface area contributed by atoms with Gasteiger partial charge in [0.2, 0.25) is 0 Å². The molecule has 1 atom stereocenters. The molecule has 1 aromatic carbocycles. The third-order valence-corrected chi connectivity index (χ3v) is 2.85. The standard InChI is InChI=1S/C13H16N4O2/c1-10-7-12(3-4-13(10)17(18)19)15-11(2)8-16-6-5-14-9-16/h3-7,9,11,15H,8H2,1-2H3. The second-order valence-electron chi connectivity index (χ2n) is 4.56. The lowest BCUT2D eigenvalue weighted by molar-refractivity contribution is -0.385. The normalized spacial score (nSPS) is 12.1. The summed E-state index contributed by atoms with van der Waals surface area (Å²) in [5.41, 5.74) is 1.69. The van der Waals surface area contributed by atoms with Crippen molar-refractivity contribution < 1.29 is 4.92 Å². The number of aryl methyl sites for hydroxylation is 1. The molecule has 6 nitrogen and oxygen atoms in total. The molecule has 1 aromatic heterocycles. The van der Waals surface area contributed by atoms with Crippen molar-refractivity contribution in [2.45, 2.75) is 26.4 Å². The molecule has 19 heavy (non-hydrogen) atoms. The Balaban J connectivity index is 2.03. The molecule has 100 valence electrons. The highest BCUT2D eigenvalue weighted by molar-refractivity contribution is 5.53. The quantitative estimate of drug-likeness (QED) is 0.662. The Morgan fingerprint density at radius 1 is 1.53 bits per heavy atom. The van der Waals surface area contributed by atoms with Crippen molar-refractivity contribution >= 4 is 11.4 Å². The summed E-state index contributed by atoms with van der Waals surface area (Å²) in [4.78, 5) is 14.4. The maximum Gasteiger partial charge on any atom is 0.272 e. The van der Waals surface area contributed by atoms with Gasteiger partial charge in [0.15, 0.2) is 0 Å². The second kappa shape index (κ2) is 5.51. The number of nitro benzene ring substituents is 1. The summed E-state index contributed by atoms with van der Waals surface area (Å²) in [6.45, 7) is 4.58. The zero-order chi connectivity index (χ0) is 13.8. The highest BCUT2D eigenvalue weighted by Crippen LogP contribution is 2.22. The van der Waals surface area contributed by atoms with E-state index in [0.29, 0.717) is 5.56 Å². The highest BCUT2D eigenvalue weighted by Gasteiger charge is 2.11. The number of anilines is 1. The summed E-state index contributed by atoms with van der Waals surface area (Å²) in [6.07, 6.45) is 5.40.